The Balaban J connectivity index is 0.00000144. The zero-order valence-electron chi connectivity index (χ0n) is 6.90. The first-order valence-corrected chi connectivity index (χ1v) is 3.60. The van der Waals surface area contributed by atoms with Crippen LogP contribution in [0.3, 0.4) is 0 Å². The van der Waals surface area contributed by atoms with Gasteiger partial charge in [-0.3, -0.25) is 0 Å². The van der Waals surface area contributed by atoms with E-state index in [4.69, 9.17) is 11.0 Å². The van der Waals surface area contributed by atoms with Gasteiger partial charge < -0.3 is 5.73 Å². The van der Waals surface area contributed by atoms with Crippen LogP contribution in [-0.4, -0.2) is 6.67 Å². The normalized spacial score (nSPS) is 11.2. The van der Waals surface area contributed by atoms with Crippen LogP contribution in [0, 0.1) is 11.3 Å². The van der Waals surface area contributed by atoms with Gasteiger partial charge in [0.2, 0.25) is 0 Å². The van der Waals surface area contributed by atoms with Crippen LogP contribution in [0.5, 0.6) is 0 Å². The predicted octanol–water partition coefficient (Wildman–Crippen LogP) is 1.95. The van der Waals surface area contributed by atoms with Crippen LogP contribution in [-0.2, 0) is 0 Å². The molecule has 4 heteroatoms. The molecule has 0 spiro atoms. The van der Waals surface area contributed by atoms with E-state index in [1.807, 2.05) is 6.07 Å². The molecule has 0 radical (unpaired) electrons. The van der Waals surface area contributed by atoms with Crippen molar-refractivity contribution in [1.82, 2.24) is 0 Å². The van der Waals surface area contributed by atoms with Crippen LogP contribution < -0.4 is 5.73 Å². The van der Waals surface area contributed by atoms with Crippen LogP contribution in [0.2, 0.25) is 0 Å². The first-order chi connectivity index (χ1) is 5.79. The second-order valence-electron chi connectivity index (χ2n) is 2.46. The topological polar surface area (TPSA) is 49.8 Å². The smallest absolute Gasteiger partial charge is 0.109 e. The number of rotatable bonds is 2. The molecule has 0 aromatic heterocycles. The van der Waals surface area contributed by atoms with Gasteiger partial charge in [-0.2, -0.15) is 5.26 Å². The molecule has 0 aliphatic rings. The second-order valence-corrected chi connectivity index (χ2v) is 2.46. The van der Waals surface area contributed by atoms with Gasteiger partial charge in [-0.25, -0.2) is 4.39 Å². The quantitative estimate of drug-likeness (QED) is 0.794. The number of nitriles is 1. The van der Waals surface area contributed by atoms with E-state index in [-0.39, 0.29) is 12.4 Å². The lowest BCUT2D eigenvalue weighted by atomic mass is 10.0. The fourth-order valence-corrected chi connectivity index (χ4v) is 1.01. The summed E-state index contributed by atoms with van der Waals surface area (Å²) in [4.78, 5) is 0. The minimum absolute atomic E-state index is 0. The number of hydrogen-bond donors (Lipinski definition) is 1. The summed E-state index contributed by atoms with van der Waals surface area (Å²) in [6.45, 7) is -0.640. The summed E-state index contributed by atoms with van der Waals surface area (Å²) in [5.74, 6) is 0. The second kappa shape index (κ2) is 5.52. The Kier molecular flexibility index (Phi) is 5.05. The number of benzene rings is 1. The summed E-state index contributed by atoms with van der Waals surface area (Å²) >= 11 is 0. The summed E-state index contributed by atoms with van der Waals surface area (Å²) in [7, 11) is 0. The molecule has 0 aliphatic carbocycles. The van der Waals surface area contributed by atoms with Crippen molar-refractivity contribution in [1.29, 1.82) is 5.26 Å². The molecule has 70 valence electrons. The Labute approximate surface area is 82.6 Å². The zero-order chi connectivity index (χ0) is 8.97. The molecule has 0 fully saturated rings. The third kappa shape index (κ3) is 2.69. The summed E-state index contributed by atoms with van der Waals surface area (Å²) in [5, 5.41) is 8.63. The highest BCUT2D eigenvalue weighted by Crippen LogP contribution is 2.15. The number of hydrogen-bond acceptors (Lipinski definition) is 2. The van der Waals surface area contributed by atoms with E-state index in [2.05, 4.69) is 0 Å². The van der Waals surface area contributed by atoms with Crippen LogP contribution in [0.25, 0.3) is 0 Å². The lowest BCUT2D eigenvalue weighted by molar-refractivity contribution is 0.437. The maximum Gasteiger partial charge on any atom is 0.109 e. The van der Waals surface area contributed by atoms with E-state index in [9.17, 15) is 4.39 Å². The molecule has 0 bridgehead atoms. The van der Waals surface area contributed by atoms with Crippen molar-refractivity contribution >= 4 is 12.4 Å². The molecule has 0 aliphatic heterocycles. The summed E-state index contributed by atoms with van der Waals surface area (Å²) in [6.07, 6.45) is 0. The fourth-order valence-electron chi connectivity index (χ4n) is 1.01. The van der Waals surface area contributed by atoms with Crippen molar-refractivity contribution in [3.8, 4) is 6.07 Å². The first kappa shape index (κ1) is 11.9. The van der Waals surface area contributed by atoms with E-state index in [1.54, 1.807) is 24.3 Å². The largest absolute Gasteiger partial charge is 0.322 e. The minimum Gasteiger partial charge on any atom is -0.322 e. The van der Waals surface area contributed by atoms with Crippen molar-refractivity contribution in [2.45, 2.75) is 6.04 Å². The van der Waals surface area contributed by atoms with Crippen molar-refractivity contribution < 1.29 is 4.39 Å². The average Bonchev–Trinajstić information content (AvgIpc) is 2.16. The van der Waals surface area contributed by atoms with Gasteiger partial charge in [-0.15, -0.1) is 12.4 Å². The fraction of sp³-hybridized carbons (Fsp3) is 0.222. The lowest BCUT2D eigenvalue weighted by Gasteiger charge is -2.07. The van der Waals surface area contributed by atoms with Crippen molar-refractivity contribution in [3.05, 3.63) is 35.4 Å². The molecule has 2 nitrogen and oxygen atoms in total. The molecule has 1 aromatic rings. The SMILES string of the molecule is Cl.N#Cc1ccccc1[C@H](N)CF. The predicted molar refractivity (Wildman–Crippen MR) is 51.3 cm³/mol. The molecule has 2 N–H and O–H groups in total. The summed E-state index contributed by atoms with van der Waals surface area (Å²) in [5.41, 5.74) is 6.46. The molecule has 1 aromatic carbocycles. The van der Waals surface area contributed by atoms with Gasteiger partial charge in [0, 0.05) is 0 Å². The number of nitrogens with zero attached hydrogens (tertiary/aromatic N) is 1. The Morgan fingerprint density at radius 1 is 1.46 bits per heavy atom. The highest BCUT2D eigenvalue weighted by molar-refractivity contribution is 5.85. The number of halogens is 2. The summed E-state index contributed by atoms with van der Waals surface area (Å²) < 4.78 is 12.2. The van der Waals surface area contributed by atoms with Gasteiger partial charge in [-0.1, -0.05) is 18.2 Å². The van der Waals surface area contributed by atoms with Gasteiger partial charge in [0.1, 0.15) is 6.67 Å². The van der Waals surface area contributed by atoms with E-state index >= 15 is 0 Å². The van der Waals surface area contributed by atoms with E-state index < -0.39 is 12.7 Å². The third-order valence-corrected chi connectivity index (χ3v) is 1.65. The maximum absolute atomic E-state index is 12.2. The highest BCUT2D eigenvalue weighted by atomic mass is 35.5. The Bertz CT molecular complexity index is 309. The van der Waals surface area contributed by atoms with Crippen molar-refractivity contribution in [3.63, 3.8) is 0 Å². The zero-order valence-corrected chi connectivity index (χ0v) is 7.72. The highest BCUT2D eigenvalue weighted by Gasteiger charge is 2.08. The molecule has 0 amide bonds. The maximum atomic E-state index is 12.2. The van der Waals surface area contributed by atoms with E-state index in [0.29, 0.717) is 11.1 Å². The Morgan fingerprint density at radius 3 is 2.62 bits per heavy atom. The van der Waals surface area contributed by atoms with Crippen LogP contribution in [0.15, 0.2) is 24.3 Å². The van der Waals surface area contributed by atoms with Gasteiger partial charge in [0.05, 0.1) is 17.7 Å². The molecule has 0 unspecified atom stereocenters. The van der Waals surface area contributed by atoms with E-state index in [0.717, 1.165) is 0 Å². The third-order valence-electron chi connectivity index (χ3n) is 1.65. The molecule has 13 heavy (non-hydrogen) atoms. The lowest BCUT2D eigenvalue weighted by Crippen LogP contribution is -2.13. The monoisotopic (exact) mass is 200 g/mol. The van der Waals surface area contributed by atoms with Crippen molar-refractivity contribution in [2.24, 2.45) is 5.73 Å². The van der Waals surface area contributed by atoms with Gasteiger partial charge in [0.15, 0.2) is 0 Å². The van der Waals surface area contributed by atoms with E-state index in [1.165, 1.54) is 0 Å². The molecule has 1 atom stereocenters. The molecule has 0 saturated carbocycles. The molecular formula is C9H10ClFN2. The Morgan fingerprint density at radius 2 is 2.08 bits per heavy atom. The number of alkyl halides is 1. The average molecular weight is 201 g/mol. The summed E-state index contributed by atoms with van der Waals surface area (Å²) in [6, 6.07) is 8.05. The van der Waals surface area contributed by atoms with Gasteiger partial charge >= 0.3 is 0 Å². The van der Waals surface area contributed by atoms with Crippen LogP contribution >= 0.6 is 12.4 Å². The van der Waals surface area contributed by atoms with Crippen LogP contribution in [0.1, 0.15) is 17.2 Å². The molecular weight excluding hydrogens is 191 g/mol. The van der Waals surface area contributed by atoms with Gasteiger partial charge in [0.25, 0.3) is 0 Å². The standard InChI is InChI=1S/C9H9FN2.ClH/c10-5-9(12)8-4-2-1-3-7(8)6-11;/h1-4,9H,5,12H2;1H/t9-;/m1./s1. The van der Waals surface area contributed by atoms with Crippen molar-refractivity contribution in [2.75, 3.05) is 6.67 Å². The van der Waals surface area contributed by atoms with Crippen LogP contribution in [0.4, 0.5) is 4.39 Å². The number of nitrogens with two attached hydrogens (primary N) is 1. The molecule has 1 rings (SSSR count). The molecule has 0 heterocycles. The Hall–Kier alpha value is -1.11. The minimum atomic E-state index is -0.680. The molecule has 0 saturated heterocycles. The van der Waals surface area contributed by atoms with Gasteiger partial charge in [-0.05, 0) is 11.6 Å². The first-order valence-electron chi connectivity index (χ1n) is 3.60.